The van der Waals surface area contributed by atoms with E-state index in [4.69, 9.17) is 4.74 Å². The first kappa shape index (κ1) is 18.2. The van der Waals surface area contributed by atoms with Gasteiger partial charge >= 0.3 is 5.97 Å². The number of unbranched alkanes of at least 4 members (excludes halogenated alkanes) is 8. The van der Waals surface area contributed by atoms with Crippen molar-refractivity contribution in [3.8, 4) is 0 Å². The Balaban J connectivity index is 3.25. The maximum absolute atomic E-state index is 11.4. The Hall–Kier alpha value is -0.790. The van der Waals surface area contributed by atoms with E-state index in [0.29, 0.717) is 13.0 Å². The van der Waals surface area contributed by atoms with E-state index >= 15 is 0 Å². The summed E-state index contributed by atoms with van der Waals surface area (Å²) in [7, 11) is 0. The van der Waals surface area contributed by atoms with Crippen molar-refractivity contribution in [3.63, 3.8) is 0 Å². The first-order valence-corrected chi connectivity index (χ1v) is 8.11. The van der Waals surface area contributed by atoms with Crippen molar-refractivity contribution < 1.29 is 9.53 Å². The second kappa shape index (κ2) is 15.3. The van der Waals surface area contributed by atoms with Crippen LogP contribution in [0.5, 0.6) is 0 Å². The Morgan fingerprint density at radius 2 is 1.47 bits per heavy atom. The van der Waals surface area contributed by atoms with Gasteiger partial charge in [0.05, 0.1) is 13.0 Å². The molecule has 2 nitrogen and oxygen atoms in total. The van der Waals surface area contributed by atoms with E-state index in [1.807, 2.05) is 6.08 Å². The van der Waals surface area contributed by atoms with Gasteiger partial charge in [0, 0.05) is 0 Å². The predicted molar refractivity (Wildman–Crippen MR) is 82.2 cm³/mol. The van der Waals surface area contributed by atoms with Crippen LogP contribution in [-0.2, 0) is 9.53 Å². The molecule has 0 N–H and O–H groups in total. The highest BCUT2D eigenvalue weighted by Gasteiger charge is 1.98. The third kappa shape index (κ3) is 15.2. The first-order valence-electron chi connectivity index (χ1n) is 8.11. The van der Waals surface area contributed by atoms with Crippen molar-refractivity contribution in [2.24, 2.45) is 0 Å². The van der Waals surface area contributed by atoms with E-state index in [-0.39, 0.29) is 5.97 Å². The molecule has 0 fully saturated rings. The minimum absolute atomic E-state index is 0.0831. The van der Waals surface area contributed by atoms with Crippen LogP contribution < -0.4 is 0 Å². The lowest BCUT2D eigenvalue weighted by Crippen LogP contribution is -2.04. The maximum Gasteiger partial charge on any atom is 0.309 e. The molecule has 0 heterocycles. The molecular formula is C17H32O2. The summed E-state index contributed by atoms with van der Waals surface area (Å²) in [5.41, 5.74) is 0. The number of carbonyl (C=O) groups excluding carboxylic acids is 1. The third-order valence-corrected chi connectivity index (χ3v) is 3.19. The molecule has 0 aromatic carbocycles. The van der Waals surface area contributed by atoms with Gasteiger partial charge in [0.2, 0.25) is 0 Å². The molecular weight excluding hydrogens is 236 g/mol. The number of ether oxygens (including phenoxy) is 1. The molecule has 0 aromatic rings. The Labute approximate surface area is 119 Å². The monoisotopic (exact) mass is 268 g/mol. The number of esters is 1. The molecule has 0 spiro atoms. The van der Waals surface area contributed by atoms with Gasteiger partial charge in [0.25, 0.3) is 0 Å². The van der Waals surface area contributed by atoms with Crippen LogP contribution in [0.15, 0.2) is 12.2 Å². The smallest absolute Gasteiger partial charge is 0.309 e. The van der Waals surface area contributed by atoms with Crippen LogP contribution >= 0.6 is 0 Å². The lowest BCUT2D eigenvalue weighted by Gasteiger charge is -2.03. The van der Waals surface area contributed by atoms with Crippen LogP contribution in [-0.4, -0.2) is 12.6 Å². The summed E-state index contributed by atoms with van der Waals surface area (Å²) < 4.78 is 5.19. The number of rotatable bonds is 13. The van der Waals surface area contributed by atoms with Crippen LogP contribution in [0.2, 0.25) is 0 Å². The molecule has 0 amide bonds. The molecule has 0 atom stereocenters. The van der Waals surface area contributed by atoms with Crippen molar-refractivity contribution in [3.05, 3.63) is 12.2 Å². The van der Waals surface area contributed by atoms with Gasteiger partial charge < -0.3 is 4.74 Å². The number of carbonyl (C=O) groups is 1. The Morgan fingerprint density at radius 1 is 0.842 bits per heavy atom. The zero-order valence-corrected chi connectivity index (χ0v) is 13.0. The minimum Gasteiger partial charge on any atom is -0.465 e. The fraction of sp³-hybridized carbons (Fsp3) is 0.824. The second-order valence-electron chi connectivity index (χ2n) is 5.16. The van der Waals surface area contributed by atoms with Gasteiger partial charge in [-0.2, -0.15) is 0 Å². The molecule has 0 unspecified atom stereocenters. The Bertz CT molecular complexity index is 221. The lowest BCUT2D eigenvalue weighted by molar-refractivity contribution is -0.142. The van der Waals surface area contributed by atoms with Gasteiger partial charge in [0.15, 0.2) is 0 Å². The number of hydrogen-bond donors (Lipinski definition) is 0. The largest absolute Gasteiger partial charge is 0.465 e. The van der Waals surface area contributed by atoms with E-state index < -0.39 is 0 Å². The number of allylic oxidation sites excluding steroid dienone is 1. The maximum atomic E-state index is 11.4. The van der Waals surface area contributed by atoms with E-state index in [2.05, 4.69) is 19.9 Å². The highest BCUT2D eigenvalue weighted by molar-refractivity contribution is 5.71. The molecule has 0 aliphatic heterocycles. The number of hydrogen-bond acceptors (Lipinski definition) is 2. The van der Waals surface area contributed by atoms with E-state index in [0.717, 1.165) is 12.8 Å². The van der Waals surface area contributed by atoms with Crippen LogP contribution in [0.3, 0.4) is 0 Å². The lowest BCUT2D eigenvalue weighted by atomic mass is 10.1. The van der Waals surface area contributed by atoms with Crippen LogP contribution in [0.1, 0.15) is 84.5 Å². The molecule has 0 aliphatic carbocycles. The summed E-state index contributed by atoms with van der Waals surface area (Å²) >= 11 is 0. The quantitative estimate of drug-likeness (QED) is 0.253. The standard InChI is InChI=1S/C17H32O2/c1-3-5-7-9-11-13-15-17(18)19-16-14-12-10-8-6-4-2/h11,13H,3-10,12,14-16H2,1-2H3/b13-11-. The van der Waals surface area contributed by atoms with Crippen LogP contribution in [0.4, 0.5) is 0 Å². The molecule has 0 saturated carbocycles. The van der Waals surface area contributed by atoms with Gasteiger partial charge in [-0.3, -0.25) is 4.79 Å². The van der Waals surface area contributed by atoms with Gasteiger partial charge in [-0.1, -0.05) is 70.9 Å². The molecule has 2 heteroatoms. The van der Waals surface area contributed by atoms with Crippen molar-refractivity contribution in [2.75, 3.05) is 6.61 Å². The normalized spacial score (nSPS) is 11.1. The highest BCUT2D eigenvalue weighted by atomic mass is 16.5. The molecule has 0 saturated heterocycles. The van der Waals surface area contributed by atoms with Crippen molar-refractivity contribution >= 4 is 5.97 Å². The van der Waals surface area contributed by atoms with Gasteiger partial charge in [-0.15, -0.1) is 0 Å². The van der Waals surface area contributed by atoms with Crippen LogP contribution in [0, 0.1) is 0 Å². The average molecular weight is 268 g/mol. The molecule has 0 radical (unpaired) electrons. The van der Waals surface area contributed by atoms with Crippen molar-refractivity contribution in [1.29, 1.82) is 0 Å². The molecule has 0 aliphatic rings. The average Bonchev–Trinajstić information content (AvgIpc) is 2.41. The molecule has 0 bridgehead atoms. The summed E-state index contributed by atoms with van der Waals surface area (Å²) in [5.74, 6) is -0.0831. The molecule has 19 heavy (non-hydrogen) atoms. The summed E-state index contributed by atoms with van der Waals surface area (Å²) in [6.07, 6.45) is 16.7. The first-order chi connectivity index (χ1) is 9.31. The third-order valence-electron chi connectivity index (χ3n) is 3.19. The van der Waals surface area contributed by atoms with Crippen LogP contribution in [0.25, 0.3) is 0 Å². The predicted octanol–water partition coefficient (Wildman–Crippen LogP) is 5.42. The molecule has 0 rings (SSSR count). The van der Waals surface area contributed by atoms with Gasteiger partial charge in [-0.05, 0) is 19.3 Å². The summed E-state index contributed by atoms with van der Waals surface area (Å²) in [6.45, 7) is 5.01. The van der Waals surface area contributed by atoms with Crippen molar-refractivity contribution in [2.45, 2.75) is 84.5 Å². The van der Waals surface area contributed by atoms with E-state index in [9.17, 15) is 4.79 Å². The fourth-order valence-electron chi connectivity index (χ4n) is 1.94. The highest BCUT2D eigenvalue weighted by Crippen LogP contribution is 2.05. The second-order valence-corrected chi connectivity index (χ2v) is 5.16. The summed E-state index contributed by atoms with van der Waals surface area (Å²) in [6, 6.07) is 0. The Kier molecular flexibility index (Phi) is 14.6. The zero-order valence-electron chi connectivity index (χ0n) is 13.0. The summed E-state index contributed by atoms with van der Waals surface area (Å²) in [4.78, 5) is 11.4. The van der Waals surface area contributed by atoms with Crippen molar-refractivity contribution in [1.82, 2.24) is 0 Å². The van der Waals surface area contributed by atoms with E-state index in [1.165, 1.54) is 51.4 Å². The summed E-state index contributed by atoms with van der Waals surface area (Å²) in [5, 5.41) is 0. The Morgan fingerprint density at radius 3 is 2.21 bits per heavy atom. The molecule has 112 valence electrons. The topological polar surface area (TPSA) is 26.3 Å². The molecule has 0 aromatic heterocycles. The van der Waals surface area contributed by atoms with E-state index in [1.54, 1.807) is 0 Å². The van der Waals surface area contributed by atoms with Gasteiger partial charge in [-0.25, -0.2) is 0 Å². The zero-order chi connectivity index (χ0) is 14.2. The van der Waals surface area contributed by atoms with Gasteiger partial charge in [0.1, 0.15) is 0 Å². The minimum atomic E-state index is -0.0831. The fourth-order valence-corrected chi connectivity index (χ4v) is 1.94. The SMILES string of the molecule is CCCCC/C=C\CC(=O)OCCCCCCCC.